The second kappa shape index (κ2) is 6.50. The minimum atomic E-state index is 0.0620. The van der Waals surface area contributed by atoms with Crippen LogP contribution in [0.2, 0.25) is 5.02 Å². The highest BCUT2D eigenvalue weighted by Gasteiger charge is 2.05. The monoisotopic (exact) mass is 255 g/mol. The third kappa shape index (κ3) is 4.65. The van der Waals surface area contributed by atoms with E-state index in [4.69, 9.17) is 16.3 Å². The van der Waals surface area contributed by atoms with Gasteiger partial charge in [0.2, 0.25) is 5.91 Å². The van der Waals surface area contributed by atoms with E-state index in [2.05, 4.69) is 5.32 Å². The number of amides is 1. The summed E-state index contributed by atoms with van der Waals surface area (Å²) in [5, 5.41) is 3.42. The largest absolute Gasteiger partial charge is 0.495 e. The van der Waals surface area contributed by atoms with Crippen molar-refractivity contribution >= 4 is 17.5 Å². The molecule has 0 saturated heterocycles. The SMILES string of the molecule is COc1ccc(CNC(=O)CC(C)C)cc1Cl. The van der Waals surface area contributed by atoms with E-state index in [0.717, 1.165) is 5.56 Å². The molecule has 94 valence electrons. The van der Waals surface area contributed by atoms with E-state index in [1.165, 1.54) is 0 Å². The van der Waals surface area contributed by atoms with Gasteiger partial charge in [-0.15, -0.1) is 0 Å². The lowest BCUT2D eigenvalue weighted by atomic mass is 10.1. The van der Waals surface area contributed by atoms with Gasteiger partial charge in [0.15, 0.2) is 0 Å². The van der Waals surface area contributed by atoms with Crippen LogP contribution in [0.25, 0.3) is 0 Å². The van der Waals surface area contributed by atoms with Gasteiger partial charge in [0, 0.05) is 13.0 Å². The number of methoxy groups -OCH3 is 1. The number of hydrogen-bond donors (Lipinski definition) is 1. The number of nitrogens with one attached hydrogen (secondary N) is 1. The third-order valence-corrected chi connectivity index (χ3v) is 2.59. The Labute approximate surface area is 107 Å². The van der Waals surface area contributed by atoms with Crippen LogP contribution in [0.3, 0.4) is 0 Å². The van der Waals surface area contributed by atoms with Crippen molar-refractivity contribution in [3.8, 4) is 5.75 Å². The van der Waals surface area contributed by atoms with Gasteiger partial charge in [-0.05, 0) is 23.6 Å². The fourth-order valence-electron chi connectivity index (χ4n) is 1.46. The molecule has 4 heteroatoms. The lowest BCUT2D eigenvalue weighted by Gasteiger charge is -2.09. The van der Waals surface area contributed by atoms with Gasteiger partial charge in [0.05, 0.1) is 12.1 Å². The van der Waals surface area contributed by atoms with Gasteiger partial charge in [-0.25, -0.2) is 0 Å². The van der Waals surface area contributed by atoms with Crippen LogP contribution < -0.4 is 10.1 Å². The first-order chi connectivity index (χ1) is 8.02. The van der Waals surface area contributed by atoms with Crippen molar-refractivity contribution in [3.63, 3.8) is 0 Å². The molecule has 0 aliphatic rings. The zero-order chi connectivity index (χ0) is 12.8. The predicted molar refractivity (Wildman–Crippen MR) is 69.3 cm³/mol. The van der Waals surface area contributed by atoms with E-state index in [0.29, 0.717) is 29.7 Å². The summed E-state index contributed by atoms with van der Waals surface area (Å²) in [6.07, 6.45) is 0.546. The minimum absolute atomic E-state index is 0.0620. The van der Waals surface area contributed by atoms with Crippen molar-refractivity contribution in [1.82, 2.24) is 5.32 Å². The Hall–Kier alpha value is -1.22. The Kier molecular flexibility index (Phi) is 5.29. The Bertz CT molecular complexity index is 391. The summed E-state index contributed by atoms with van der Waals surface area (Å²) in [7, 11) is 1.57. The highest BCUT2D eigenvalue weighted by molar-refractivity contribution is 6.32. The molecule has 0 aliphatic heterocycles. The summed E-state index contributed by atoms with van der Waals surface area (Å²) < 4.78 is 5.06. The van der Waals surface area contributed by atoms with Crippen molar-refractivity contribution < 1.29 is 9.53 Å². The van der Waals surface area contributed by atoms with Crippen LogP contribution in [0.4, 0.5) is 0 Å². The Morgan fingerprint density at radius 2 is 2.18 bits per heavy atom. The van der Waals surface area contributed by atoms with E-state index in [1.807, 2.05) is 19.9 Å². The van der Waals surface area contributed by atoms with Crippen molar-refractivity contribution in [2.45, 2.75) is 26.8 Å². The van der Waals surface area contributed by atoms with E-state index in [1.54, 1.807) is 19.2 Å². The second-order valence-corrected chi connectivity index (χ2v) is 4.75. The van der Waals surface area contributed by atoms with E-state index < -0.39 is 0 Å². The number of ether oxygens (including phenoxy) is 1. The van der Waals surface area contributed by atoms with Gasteiger partial charge in [-0.2, -0.15) is 0 Å². The van der Waals surface area contributed by atoms with Crippen LogP contribution in [-0.4, -0.2) is 13.0 Å². The third-order valence-electron chi connectivity index (χ3n) is 2.30. The maximum absolute atomic E-state index is 11.5. The molecule has 0 spiro atoms. The standard InChI is InChI=1S/C13H18ClNO2/c1-9(2)6-13(16)15-8-10-4-5-12(17-3)11(14)7-10/h4-5,7,9H,6,8H2,1-3H3,(H,15,16). The number of benzene rings is 1. The molecule has 1 aromatic carbocycles. The summed E-state index contributed by atoms with van der Waals surface area (Å²) in [4.78, 5) is 11.5. The van der Waals surface area contributed by atoms with E-state index >= 15 is 0 Å². The predicted octanol–water partition coefficient (Wildman–Crippen LogP) is 3.01. The molecule has 0 radical (unpaired) electrons. The van der Waals surface area contributed by atoms with Gasteiger partial charge < -0.3 is 10.1 Å². The summed E-state index contributed by atoms with van der Waals surface area (Å²) in [6, 6.07) is 5.49. The van der Waals surface area contributed by atoms with Gasteiger partial charge >= 0.3 is 0 Å². The zero-order valence-electron chi connectivity index (χ0n) is 10.4. The summed E-state index contributed by atoms with van der Waals surface area (Å²) >= 11 is 5.99. The lowest BCUT2D eigenvalue weighted by Crippen LogP contribution is -2.23. The fourth-order valence-corrected chi connectivity index (χ4v) is 1.74. The summed E-state index contributed by atoms with van der Waals surface area (Å²) in [5.41, 5.74) is 0.966. The van der Waals surface area contributed by atoms with Crippen LogP contribution in [0.5, 0.6) is 5.75 Å². The topological polar surface area (TPSA) is 38.3 Å². The smallest absolute Gasteiger partial charge is 0.220 e. The van der Waals surface area contributed by atoms with Crippen LogP contribution in [0.1, 0.15) is 25.8 Å². The van der Waals surface area contributed by atoms with Gasteiger partial charge in [0.25, 0.3) is 0 Å². The second-order valence-electron chi connectivity index (χ2n) is 4.34. The normalized spacial score (nSPS) is 10.4. The van der Waals surface area contributed by atoms with Crippen LogP contribution in [0, 0.1) is 5.92 Å². The van der Waals surface area contributed by atoms with Gasteiger partial charge in [-0.3, -0.25) is 4.79 Å². The molecule has 1 rings (SSSR count). The molecule has 1 N–H and O–H groups in total. The first-order valence-electron chi connectivity index (χ1n) is 5.62. The van der Waals surface area contributed by atoms with Crippen molar-refractivity contribution in [2.24, 2.45) is 5.92 Å². The molecular formula is C13H18ClNO2. The summed E-state index contributed by atoms with van der Waals surface area (Å²) in [5.74, 6) is 1.07. The molecule has 17 heavy (non-hydrogen) atoms. The molecule has 0 saturated carbocycles. The first kappa shape index (κ1) is 13.8. The molecule has 0 fully saturated rings. The molecule has 0 heterocycles. The van der Waals surface area contributed by atoms with Crippen LogP contribution in [0.15, 0.2) is 18.2 Å². The van der Waals surface area contributed by atoms with Crippen LogP contribution in [-0.2, 0) is 11.3 Å². The van der Waals surface area contributed by atoms with E-state index in [9.17, 15) is 4.79 Å². The van der Waals surface area contributed by atoms with Crippen molar-refractivity contribution in [1.29, 1.82) is 0 Å². The molecular weight excluding hydrogens is 238 g/mol. The van der Waals surface area contributed by atoms with Crippen molar-refractivity contribution in [3.05, 3.63) is 28.8 Å². The highest BCUT2D eigenvalue weighted by Crippen LogP contribution is 2.24. The molecule has 0 bridgehead atoms. The van der Waals surface area contributed by atoms with E-state index in [-0.39, 0.29) is 5.91 Å². The maximum Gasteiger partial charge on any atom is 0.220 e. The summed E-state index contributed by atoms with van der Waals surface area (Å²) in [6.45, 7) is 4.53. The molecule has 0 aromatic heterocycles. The minimum Gasteiger partial charge on any atom is -0.495 e. The maximum atomic E-state index is 11.5. The molecule has 0 aliphatic carbocycles. The average molecular weight is 256 g/mol. The van der Waals surface area contributed by atoms with Crippen LogP contribution >= 0.6 is 11.6 Å². The molecule has 1 amide bonds. The Morgan fingerprint density at radius 1 is 1.47 bits per heavy atom. The first-order valence-corrected chi connectivity index (χ1v) is 6.00. The van der Waals surface area contributed by atoms with Gasteiger partial charge in [-0.1, -0.05) is 31.5 Å². The lowest BCUT2D eigenvalue weighted by molar-refractivity contribution is -0.121. The Balaban J connectivity index is 2.52. The molecule has 0 unspecified atom stereocenters. The molecule has 3 nitrogen and oxygen atoms in total. The number of carbonyl (C=O) groups excluding carboxylic acids is 1. The van der Waals surface area contributed by atoms with Crippen molar-refractivity contribution in [2.75, 3.05) is 7.11 Å². The zero-order valence-corrected chi connectivity index (χ0v) is 11.2. The molecule has 1 aromatic rings. The average Bonchev–Trinajstić information content (AvgIpc) is 2.25. The molecule has 0 atom stereocenters. The number of halogens is 1. The number of hydrogen-bond acceptors (Lipinski definition) is 2. The number of rotatable bonds is 5. The quantitative estimate of drug-likeness (QED) is 0.878. The Morgan fingerprint density at radius 3 is 2.71 bits per heavy atom. The van der Waals surface area contributed by atoms with Gasteiger partial charge in [0.1, 0.15) is 5.75 Å². The number of carbonyl (C=O) groups is 1. The fraction of sp³-hybridized carbons (Fsp3) is 0.462. The highest BCUT2D eigenvalue weighted by atomic mass is 35.5.